The van der Waals surface area contributed by atoms with Crippen molar-refractivity contribution in [2.45, 2.75) is 44.6 Å². The minimum atomic E-state index is 0.286. The Morgan fingerprint density at radius 3 is 2.25 bits per heavy atom. The molecule has 2 atom stereocenters. The molecule has 5 rings (SSSR count). The predicted octanol–water partition coefficient (Wildman–Crippen LogP) is 6.05. The Morgan fingerprint density at radius 1 is 0.778 bits per heavy atom. The summed E-state index contributed by atoms with van der Waals surface area (Å²) in [5.74, 6) is 2.87. The summed E-state index contributed by atoms with van der Waals surface area (Å²) < 4.78 is 16.8. The van der Waals surface area contributed by atoms with E-state index in [2.05, 4.69) is 65.3 Å². The van der Waals surface area contributed by atoms with E-state index in [1.54, 1.807) is 21.3 Å². The van der Waals surface area contributed by atoms with Crippen LogP contribution >= 0.6 is 0 Å². The first kappa shape index (κ1) is 24.9. The first-order valence-electron chi connectivity index (χ1n) is 13.4. The fourth-order valence-electron chi connectivity index (χ4n) is 6.15. The van der Waals surface area contributed by atoms with E-state index < -0.39 is 0 Å². The van der Waals surface area contributed by atoms with Crippen LogP contribution in [0.3, 0.4) is 0 Å². The van der Waals surface area contributed by atoms with Gasteiger partial charge in [0.1, 0.15) is 5.75 Å². The minimum Gasteiger partial charge on any atom is -0.497 e. The molecule has 0 aliphatic carbocycles. The molecule has 0 N–H and O–H groups in total. The van der Waals surface area contributed by atoms with Gasteiger partial charge < -0.3 is 19.1 Å². The number of hydrogen-bond donors (Lipinski definition) is 0. The Kier molecular flexibility index (Phi) is 7.68. The molecule has 0 saturated carbocycles. The van der Waals surface area contributed by atoms with Crippen molar-refractivity contribution in [2.24, 2.45) is 0 Å². The van der Waals surface area contributed by atoms with Gasteiger partial charge in [-0.1, -0.05) is 37.6 Å². The van der Waals surface area contributed by atoms with Gasteiger partial charge in [0.05, 0.1) is 21.3 Å². The topological polar surface area (TPSA) is 34.2 Å². The number of fused-ring (bicyclic) bond motifs is 2. The largest absolute Gasteiger partial charge is 0.497 e. The average Bonchev–Trinajstić information content (AvgIpc) is 2.94. The lowest BCUT2D eigenvalue weighted by Gasteiger charge is -2.42. The molecule has 5 heteroatoms. The van der Waals surface area contributed by atoms with Gasteiger partial charge >= 0.3 is 0 Å². The zero-order valence-corrected chi connectivity index (χ0v) is 22.3. The molecule has 2 heterocycles. The van der Waals surface area contributed by atoms with Gasteiger partial charge in [0.25, 0.3) is 0 Å². The van der Waals surface area contributed by atoms with Crippen molar-refractivity contribution in [1.82, 2.24) is 9.80 Å². The van der Waals surface area contributed by atoms with Crippen LogP contribution in [0.1, 0.15) is 54.8 Å². The van der Waals surface area contributed by atoms with E-state index in [1.807, 2.05) is 0 Å². The normalized spacial score (nSPS) is 19.6. The van der Waals surface area contributed by atoms with Gasteiger partial charge in [0.2, 0.25) is 0 Å². The van der Waals surface area contributed by atoms with Crippen LogP contribution in [0.2, 0.25) is 0 Å². The summed E-state index contributed by atoms with van der Waals surface area (Å²) in [6.45, 7) is 8.16. The number of piperidine rings is 1. The van der Waals surface area contributed by atoms with Gasteiger partial charge in [-0.3, -0.25) is 4.90 Å². The third kappa shape index (κ3) is 5.05. The summed E-state index contributed by atoms with van der Waals surface area (Å²) in [7, 11) is 5.18. The van der Waals surface area contributed by atoms with Crippen molar-refractivity contribution < 1.29 is 14.2 Å². The zero-order valence-electron chi connectivity index (χ0n) is 22.3. The van der Waals surface area contributed by atoms with E-state index in [0.29, 0.717) is 5.92 Å². The summed E-state index contributed by atoms with van der Waals surface area (Å²) in [6, 6.07) is 17.9. The summed E-state index contributed by atoms with van der Waals surface area (Å²) in [6.07, 6.45) is 5.09. The lowest BCUT2D eigenvalue weighted by molar-refractivity contribution is 0.128. The molecule has 2 unspecified atom stereocenters. The molecule has 1 saturated heterocycles. The molecule has 5 nitrogen and oxygen atoms in total. The molecule has 36 heavy (non-hydrogen) atoms. The monoisotopic (exact) mass is 488 g/mol. The van der Waals surface area contributed by atoms with Crippen LogP contribution in [0.15, 0.2) is 48.5 Å². The average molecular weight is 489 g/mol. The predicted molar refractivity (Wildman–Crippen MR) is 147 cm³/mol. The van der Waals surface area contributed by atoms with Crippen molar-refractivity contribution in [3.05, 3.63) is 65.2 Å². The van der Waals surface area contributed by atoms with Gasteiger partial charge in [0, 0.05) is 31.6 Å². The van der Waals surface area contributed by atoms with E-state index in [-0.39, 0.29) is 6.04 Å². The van der Waals surface area contributed by atoms with E-state index in [0.717, 1.165) is 43.3 Å². The Morgan fingerprint density at radius 2 is 1.50 bits per heavy atom. The Hall–Kier alpha value is -2.76. The molecule has 3 aromatic carbocycles. The highest BCUT2D eigenvalue weighted by atomic mass is 16.5. The fourth-order valence-corrected chi connectivity index (χ4v) is 6.15. The van der Waals surface area contributed by atoms with Crippen molar-refractivity contribution in [3.63, 3.8) is 0 Å². The van der Waals surface area contributed by atoms with Crippen molar-refractivity contribution in [2.75, 3.05) is 54.1 Å². The van der Waals surface area contributed by atoms with Gasteiger partial charge in [0.15, 0.2) is 11.5 Å². The van der Waals surface area contributed by atoms with Crippen LogP contribution in [-0.2, 0) is 6.42 Å². The number of hydrogen-bond acceptors (Lipinski definition) is 5. The van der Waals surface area contributed by atoms with Crippen molar-refractivity contribution in [3.8, 4) is 17.2 Å². The number of rotatable bonds is 8. The molecular weight excluding hydrogens is 448 g/mol. The first-order chi connectivity index (χ1) is 17.6. The molecule has 0 aromatic heterocycles. The van der Waals surface area contributed by atoms with Crippen molar-refractivity contribution >= 4 is 10.8 Å². The quantitative estimate of drug-likeness (QED) is 0.385. The first-order valence-corrected chi connectivity index (χ1v) is 13.4. The second kappa shape index (κ2) is 11.1. The summed E-state index contributed by atoms with van der Waals surface area (Å²) >= 11 is 0. The second-order valence-electron chi connectivity index (χ2n) is 10.3. The van der Waals surface area contributed by atoms with Gasteiger partial charge in [-0.15, -0.1) is 0 Å². The van der Waals surface area contributed by atoms with E-state index in [4.69, 9.17) is 14.2 Å². The van der Waals surface area contributed by atoms with Crippen LogP contribution in [-0.4, -0.2) is 63.9 Å². The zero-order chi connectivity index (χ0) is 25.1. The molecule has 0 spiro atoms. The van der Waals surface area contributed by atoms with Crippen LogP contribution in [0.4, 0.5) is 0 Å². The molecule has 2 aliphatic rings. The highest BCUT2D eigenvalue weighted by Crippen LogP contribution is 2.44. The van der Waals surface area contributed by atoms with Crippen LogP contribution in [0.5, 0.6) is 17.2 Å². The number of ether oxygens (including phenoxy) is 3. The molecule has 2 aliphatic heterocycles. The molecule has 0 bridgehead atoms. The van der Waals surface area contributed by atoms with E-state index in [9.17, 15) is 0 Å². The Labute approximate surface area is 215 Å². The van der Waals surface area contributed by atoms with Gasteiger partial charge in [-0.05, 0) is 84.1 Å². The molecule has 1 fully saturated rings. The highest BCUT2D eigenvalue weighted by molar-refractivity contribution is 5.84. The standard InChI is InChI=1S/C31H40N2O3/c1-22(23-8-9-25-19-27(34-2)11-10-24(25)18-23)31-28-21-30(36-4)29(35-3)20-26(28)12-15-33(31)17-16-32-13-6-5-7-14-32/h8-11,18-22,31H,5-7,12-17H2,1-4H3. The molecule has 3 aromatic rings. The minimum absolute atomic E-state index is 0.286. The van der Waals surface area contributed by atoms with E-state index >= 15 is 0 Å². The summed E-state index contributed by atoms with van der Waals surface area (Å²) in [4.78, 5) is 5.37. The smallest absolute Gasteiger partial charge is 0.161 e. The van der Waals surface area contributed by atoms with E-state index in [1.165, 1.54) is 59.8 Å². The Bertz CT molecular complexity index is 1190. The maximum absolute atomic E-state index is 5.74. The highest BCUT2D eigenvalue weighted by Gasteiger charge is 2.34. The van der Waals surface area contributed by atoms with Gasteiger partial charge in [-0.2, -0.15) is 0 Å². The molecular formula is C31H40N2O3. The number of methoxy groups -OCH3 is 3. The number of likely N-dealkylation sites (tertiary alicyclic amines) is 1. The third-order valence-electron chi connectivity index (χ3n) is 8.25. The van der Waals surface area contributed by atoms with Crippen molar-refractivity contribution in [1.29, 1.82) is 0 Å². The third-order valence-corrected chi connectivity index (χ3v) is 8.25. The molecule has 192 valence electrons. The lowest BCUT2D eigenvalue weighted by atomic mass is 9.81. The van der Waals surface area contributed by atoms with Gasteiger partial charge in [-0.25, -0.2) is 0 Å². The van der Waals surface area contributed by atoms with Crippen LogP contribution in [0.25, 0.3) is 10.8 Å². The Balaban J connectivity index is 1.49. The number of benzene rings is 3. The SMILES string of the molecule is COc1ccc2cc(C(C)C3c4cc(OC)c(OC)cc4CCN3CCN3CCCCC3)ccc2c1. The maximum Gasteiger partial charge on any atom is 0.161 e. The van der Waals surface area contributed by atoms with Crippen LogP contribution in [0, 0.1) is 0 Å². The summed E-state index contributed by atoms with van der Waals surface area (Å²) in [5, 5.41) is 2.46. The fraction of sp³-hybridized carbons (Fsp3) is 0.484. The number of nitrogens with zero attached hydrogens (tertiary/aromatic N) is 2. The molecule has 0 amide bonds. The second-order valence-corrected chi connectivity index (χ2v) is 10.3. The maximum atomic E-state index is 5.74. The summed E-state index contributed by atoms with van der Waals surface area (Å²) in [5.41, 5.74) is 4.12. The van der Waals surface area contributed by atoms with Crippen LogP contribution < -0.4 is 14.2 Å². The lowest BCUT2D eigenvalue weighted by Crippen LogP contribution is -2.43. The molecule has 0 radical (unpaired) electrons.